The smallest absolute Gasteiger partial charge is 0.306 e. The van der Waals surface area contributed by atoms with Gasteiger partial charge in [0.1, 0.15) is 13.2 Å². The molecule has 0 aliphatic carbocycles. The highest BCUT2D eigenvalue weighted by Crippen LogP contribution is 2.13. The van der Waals surface area contributed by atoms with Crippen LogP contribution in [0.1, 0.15) is 220 Å². The highest BCUT2D eigenvalue weighted by Gasteiger charge is 2.19. The summed E-state index contributed by atoms with van der Waals surface area (Å²) in [4.78, 5) is 37.7. The number of hydrogen-bond acceptors (Lipinski definition) is 6. The molecule has 0 fully saturated rings. The van der Waals surface area contributed by atoms with Gasteiger partial charge in [0.15, 0.2) is 6.10 Å². The van der Waals surface area contributed by atoms with Gasteiger partial charge in [-0.05, 0) is 109 Å². The third-order valence-electron chi connectivity index (χ3n) is 10.7. The number of unbranched alkanes of at least 4 members (excludes halogenated alkanes) is 15. The maximum atomic E-state index is 12.7. The van der Waals surface area contributed by atoms with E-state index >= 15 is 0 Å². The largest absolute Gasteiger partial charge is 0.462 e. The second-order valence-corrected chi connectivity index (χ2v) is 17.1. The minimum Gasteiger partial charge on any atom is -0.462 e. The first kappa shape index (κ1) is 61.8. The van der Waals surface area contributed by atoms with E-state index in [9.17, 15) is 14.4 Å². The van der Waals surface area contributed by atoms with E-state index in [1.165, 1.54) is 38.5 Å². The molecule has 1 atom stereocenters. The number of rotatable bonds is 46. The maximum absolute atomic E-state index is 12.7. The summed E-state index contributed by atoms with van der Waals surface area (Å²) in [5, 5.41) is 0. The molecule has 0 aliphatic rings. The van der Waals surface area contributed by atoms with Crippen LogP contribution in [0.5, 0.6) is 0 Å². The number of carbonyl (C=O) groups excluding carboxylic acids is 3. The van der Waals surface area contributed by atoms with Crippen LogP contribution in [0, 0.1) is 0 Å². The fourth-order valence-electron chi connectivity index (χ4n) is 6.73. The van der Waals surface area contributed by atoms with E-state index in [1.54, 1.807) is 0 Å². The standard InChI is InChI=1S/C60H96O6/c1-4-7-10-13-16-18-20-21-22-23-24-25-26-27-28-29-30-31-32-33-34-35-36-37-38-39-40-42-44-47-50-53-59(62)65-56-57(55-64-58(61)52-49-46-43-15-12-9-6-3)66-60(63)54-51-48-45-41-19-17-14-11-8-5-2/h7,10-11,14,16,18,21-22,24-25,27-28,30-31,33-34,36-37,39-40,57H,4-6,8-9,12-13,15,17,19-20,23,26,29,32,35,38,41-56H2,1-3H3/b10-7-,14-11-,18-16-,22-21-,25-24-,28-27-,31-30-,34-33-,37-36-,40-39-. The van der Waals surface area contributed by atoms with Crippen molar-refractivity contribution in [3.63, 3.8) is 0 Å². The molecule has 0 N–H and O–H groups in total. The van der Waals surface area contributed by atoms with Crippen molar-refractivity contribution in [1.29, 1.82) is 0 Å². The van der Waals surface area contributed by atoms with Crippen molar-refractivity contribution in [3.05, 3.63) is 122 Å². The van der Waals surface area contributed by atoms with E-state index in [-0.39, 0.29) is 31.1 Å². The van der Waals surface area contributed by atoms with E-state index in [0.717, 1.165) is 141 Å². The van der Waals surface area contributed by atoms with Crippen molar-refractivity contribution in [1.82, 2.24) is 0 Å². The molecule has 0 spiro atoms. The van der Waals surface area contributed by atoms with Crippen molar-refractivity contribution in [3.8, 4) is 0 Å². The van der Waals surface area contributed by atoms with Crippen LogP contribution < -0.4 is 0 Å². The van der Waals surface area contributed by atoms with Crippen LogP contribution in [0.25, 0.3) is 0 Å². The first-order valence-electron chi connectivity index (χ1n) is 26.5. The first-order valence-corrected chi connectivity index (χ1v) is 26.5. The van der Waals surface area contributed by atoms with E-state index in [4.69, 9.17) is 14.2 Å². The Labute approximate surface area is 405 Å². The number of ether oxygens (including phenoxy) is 3. The number of allylic oxidation sites excluding steroid dienone is 20. The van der Waals surface area contributed by atoms with Gasteiger partial charge in [0.05, 0.1) is 0 Å². The monoisotopic (exact) mass is 913 g/mol. The molecule has 0 radical (unpaired) electrons. The molecule has 372 valence electrons. The van der Waals surface area contributed by atoms with Gasteiger partial charge in [-0.2, -0.15) is 0 Å². The molecule has 1 unspecified atom stereocenters. The molecule has 0 rings (SSSR count). The molecule has 66 heavy (non-hydrogen) atoms. The van der Waals surface area contributed by atoms with Crippen LogP contribution >= 0.6 is 0 Å². The van der Waals surface area contributed by atoms with Crippen molar-refractivity contribution in [2.24, 2.45) is 0 Å². The molecule has 6 heteroatoms. The first-order chi connectivity index (χ1) is 32.5. The number of esters is 3. The summed E-state index contributed by atoms with van der Waals surface area (Å²) < 4.78 is 16.6. The Bertz CT molecular complexity index is 1420. The molecular weight excluding hydrogens is 817 g/mol. The quantitative estimate of drug-likeness (QED) is 0.0262. The highest BCUT2D eigenvalue weighted by molar-refractivity contribution is 5.71. The highest BCUT2D eigenvalue weighted by atomic mass is 16.6. The topological polar surface area (TPSA) is 78.9 Å². The van der Waals surface area contributed by atoms with Gasteiger partial charge >= 0.3 is 17.9 Å². The van der Waals surface area contributed by atoms with Gasteiger partial charge in [0.25, 0.3) is 0 Å². The van der Waals surface area contributed by atoms with Gasteiger partial charge in [-0.1, -0.05) is 213 Å². The van der Waals surface area contributed by atoms with Crippen LogP contribution in [0.2, 0.25) is 0 Å². The lowest BCUT2D eigenvalue weighted by Gasteiger charge is -2.18. The lowest BCUT2D eigenvalue weighted by atomic mass is 10.1. The van der Waals surface area contributed by atoms with E-state index < -0.39 is 6.10 Å². The average molecular weight is 913 g/mol. The normalized spacial score (nSPS) is 13.1. The van der Waals surface area contributed by atoms with Gasteiger partial charge < -0.3 is 14.2 Å². The predicted octanol–water partition coefficient (Wildman–Crippen LogP) is 17.7. The Kier molecular flexibility index (Phi) is 50.0. The van der Waals surface area contributed by atoms with Crippen molar-refractivity contribution in [2.45, 2.75) is 226 Å². The van der Waals surface area contributed by atoms with Crippen molar-refractivity contribution in [2.75, 3.05) is 13.2 Å². The fraction of sp³-hybridized carbons (Fsp3) is 0.617. The molecule has 6 nitrogen and oxygen atoms in total. The second kappa shape index (κ2) is 53.4. The molecule has 0 amide bonds. The zero-order chi connectivity index (χ0) is 47.9. The predicted molar refractivity (Wildman–Crippen MR) is 283 cm³/mol. The molecule has 0 saturated heterocycles. The van der Waals surface area contributed by atoms with Gasteiger partial charge in [0, 0.05) is 19.3 Å². The summed E-state index contributed by atoms with van der Waals surface area (Å²) in [7, 11) is 0. The minimum atomic E-state index is -0.794. The minimum absolute atomic E-state index is 0.0941. The molecule has 0 aromatic rings. The third kappa shape index (κ3) is 50.8. The summed E-state index contributed by atoms with van der Waals surface area (Å²) in [6, 6.07) is 0. The Morgan fingerprint density at radius 1 is 0.318 bits per heavy atom. The van der Waals surface area contributed by atoms with Crippen LogP contribution in [0.15, 0.2) is 122 Å². The van der Waals surface area contributed by atoms with Gasteiger partial charge in [0.2, 0.25) is 0 Å². The van der Waals surface area contributed by atoms with Crippen molar-refractivity contribution < 1.29 is 28.6 Å². The van der Waals surface area contributed by atoms with Crippen LogP contribution in [-0.4, -0.2) is 37.2 Å². The number of carbonyl (C=O) groups is 3. The zero-order valence-corrected chi connectivity index (χ0v) is 42.4. The molecule has 0 aromatic carbocycles. The van der Waals surface area contributed by atoms with Crippen LogP contribution in [-0.2, 0) is 28.6 Å². The molecule has 0 aliphatic heterocycles. The van der Waals surface area contributed by atoms with Gasteiger partial charge in [-0.15, -0.1) is 0 Å². The SMILES string of the molecule is CC/C=C\C/C=C\C/C=C\C/C=C\C/C=C\C/C=C\C/C=C\C/C=C\C/C=C\CCCCCC(=O)OCC(COC(=O)CCCCCCCCC)OC(=O)CCCCCCC/C=C\CCC. The van der Waals surface area contributed by atoms with E-state index in [0.29, 0.717) is 19.3 Å². The van der Waals surface area contributed by atoms with Crippen LogP contribution in [0.3, 0.4) is 0 Å². The second-order valence-electron chi connectivity index (χ2n) is 17.1. The summed E-state index contributed by atoms with van der Waals surface area (Å²) in [5.41, 5.74) is 0. The molecule has 0 aromatic heterocycles. The van der Waals surface area contributed by atoms with Gasteiger partial charge in [-0.25, -0.2) is 0 Å². The summed E-state index contributed by atoms with van der Waals surface area (Å²) >= 11 is 0. The van der Waals surface area contributed by atoms with E-state index in [2.05, 4.69) is 142 Å². The molecular formula is C60H96O6. The lowest BCUT2D eigenvalue weighted by Crippen LogP contribution is -2.30. The van der Waals surface area contributed by atoms with Gasteiger partial charge in [-0.3, -0.25) is 14.4 Å². The molecule has 0 saturated carbocycles. The third-order valence-corrected chi connectivity index (χ3v) is 10.7. The zero-order valence-electron chi connectivity index (χ0n) is 42.4. The Balaban J connectivity index is 4.21. The Hall–Kier alpha value is -4.19. The Morgan fingerprint density at radius 3 is 1.02 bits per heavy atom. The summed E-state index contributed by atoms with van der Waals surface area (Å²) in [5.74, 6) is -0.956. The molecule has 0 bridgehead atoms. The Morgan fingerprint density at radius 2 is 0.621 bits per heavy atom. The lowest BCUT2D eigenvalue weighted by molar-refractivity contribution is -0.167. The van der Waals surface area contributed by atoms with Crippen molar-refractivity contribution >= 4 is 17.9 Å². The summed E-state index contributed by atoms with van der Waals surface area (Å²) in [6.07, 6.45) is 73.6. The molecule has 0 heterocycles. The summed E-state index contributed by atoms with van der Waals surface area (Å²) in [6.45, 7) is 6.36. The fourth-order valence-corrected chi connectivity index (χ4v) is 6.73. The van der Waals surface area contributed by atoms with E-state index in [1.807, 2.05) is 0 Å². The number of hydrogen-bond donors (Lipinski definition) is 0. The maximum Gasteiger partial charge on any atom is 0.306 e. The average Bonchev–Trinajstić information content (AvgIpc) is 3.31. The van der Waals surface area contributed by atoms with Crippen LogP contribution in [0.4, 0.5) is 0 Å².